The molecular weight excluding hydrogens is 256 g/mol. The molecule has 2 atom stereocenters. The van der Waals surface area contributed by atoms with E-state index in [0.717, 1.165) is 6.42 Å². The maximum Gasteiger partial charge on any atom is 0.233 e. The third kappa shape index (κ3) is 3.08. The molecule has 1 fully saturated rings. The van der Waals surface area contributed by atoms with Gasteiger partial charge in [0.05, 0.1) is 11.8 Å². The number of fused-ring (bicyclic) bond motifs is 1. The van der Waals surface area contributed by atoms with E-state index in [1.165, 1.54) is 4.90 Å². The van der Waals surface area contributed by atoms with Gasteiger partial charge in [0.25, 0.3) is 0 Å². The molecule has 20 heavy (non-hydrogen) atoms. The van der Waals surface area contributed by atoms with Crippen molar-refractivity contribution in [2.24, 2.45) is 11.8 Å². The molecule has 0 spiro atoms. The highest BCUT2D eigenvalue weighted by atomic mass is 16.2. The second kappa shape index (κ2) is 6.68. The van der Waals surface area contributed by atoms with E-state index in [-0.39, 0.29) is 29.6 Å². The Bertz CT molecular complexity index is 405. The van der Waals surface area contributed by atoms with Gasteiger partial charge < -0.3 is 5.32 Å². The monoisotopic (exact) mass is 278 g/mol. The van der Waals surface area contributed by atoms with Crippen LogP contribution >= 0.6 is 0 Å². The number of amides is 3. The van der Waals surface area contributed by atoms with Crippen molar-refractivity contribution in [1.82, 2.24) is 10.2 Å². The van der Waals surface area contributed by atoms with E-state index in [0.29, 0.717) is 38.8 Å². The van der Waals surface area contributed by atoms with Crippen molar-refractivity contribution < 1.29 is 14.4 Å². The van der Waals surface area contributed by atoms with Gasteiger partial charge in [-0.1, -0.05) is 19.1 Å². The van der Waals surface area contributed by atoms with Gasteiger partial charge in [-0.2, -0.15) is 0 Å². The van der Waals surface area contributed by atoms with Gasteiger partial charge in [0.15, 0.2) is 0 Å². The highest BCUT2D eigenvalue weighted by molar-refractivity contribution is 6.05. The lowest BCUT2D eigenvalue weighted by Gasteiger charge is -2.14. The minimum Gasteiger partial charge on any atom is -0.356 e. The molecule has 0 aromatic rings. The van der Waals surface area contributed by atoms with Gasteiger partial charge in [-0.25, -0.2) is 0 Å². The quantitative estimate of drug-likeness (QED) is 0.587. The number of imide groups is 1. The summed E-state index contributed by atoms with van der Waals surface area (Å²) in [4.78, 5) is 37.2. The number of allylic oxidation sites excluding steroid dienone is 2. The summed E-state index contributed by atoms with van der Waals surface area (Å²) < 4.78 is 0. The average Bonchev–Trinajstić information content (AvgIpc) is 2.70. The van der Waals surface area contributed by atoms with E-state index >= 15 is 0 Å². The van der Waals surface area contributed by atoms with Gasteiger partial charge in [0.1, 0.15) is 0 Å². The van der Waals surface area contributed by atoms with E-state index in [4.69, 9.17) is 0 Å². The minimum atomic E-state index is -0.165. The Balaban J connectivity index is 1.80. The molecule has 1 aliphatic carbocycles. The number of rotatable bonds is 6. The predicted molar refractivity (Wildman–Crippen MR) is 74.6 cm³/mol. The first-order valence-electron chi connectivity index (χ1n) is 7.42. The van der Waals surface area contributed by atoms with Crippen molar-refractivity contribution in [1.29, 1.82) is 0 Å². The van der Waals surface area contributed by atoms with Crippen molar-refractivity contribution in [2.45, 2.75) is 39.0 Å². The number of carbonyl (C=O) groups excluding carboxylic acids is 3. The predicted octanol–water partition coefficient (Wildman–Crippen LogP) is 1.24. The third-order valence-electron chi connectivity index (χ3n) is 3.96. The van der Waals surface area contributed by atoms with Crippen LogP contribution in [-0.2, 0) is 14.4 Å². The number of nitrogens with one attached hydrogen (secondary N) is 1. The van der Waals surface area contributed by atoms with Crippen LogP contribution in [0.1, 0.15) is 39.0 Å². The van der Waals surface area contributed by atoms with Gasteiger partial charge in [-0.3, -0.25) is 19.3 Å². The molecule has 110 valence electrons. The maximum absolute atomic E-state index is 12.2. The summed E-state index contributed by atoms with van der Waals surface area (Å²) in [6.07, 6.45) is 7.11. The smallest absolute Gasteiger partial charge is 0.233 e. The van der Waals surface area contributed by atoms with Gasteiger partial charge in [0.2, 0.25) is 17.7 Å². The zero-order valence-corrected chi connectivity index (χ0v) is 11.9. The van der Waals surface area contributed by atoms with Crippen LogP contribution in [0, 0.1) is 11.8 Å². The molecule has 1 aliphatic heterocycles. The number of hydrogen-bond donors (Lipinski definition) is 1. The Morgan fingerprint density at radius 2 is 1.85 bits per heavy atom. The lowest BCUT2D eigenvalue weighted by molar-refractivity contribution is -0.140. The normalized spacial score (nSPS) is 24.9. The van der Waals surface area contributed by atoms with Gasteiger partial charge in [-0.15, -0.1) is 0 Å². The molecule has 5 nitrogen and oxygen atoms in total. The number of carbonyl (C=O) groups is 3. The molecule has 0 bridgehead atoms. The van der Waals surface area contributed by atoms with Crippen LogP contribution in [0.3, 0.4) is 0 Å². The fourth-order valence-corrected chi connectivity index (χ4v) is 2.84. The van der Waals surface area contributed by atoms with E-state index in [9.17, 15) is 14.4 Å². The van der Waals surface area contributed by atoms with E-state index in [1.807, 2.05) is 19.1 Å². The largest absolute Gasteiger partial charge is 0.356 e. The van der Waals surface area contributed by atoms with Crippen LogP contribution in [0.25, 0.3) is 0 Å². The Morgan fingerprint density at radius 1 is 1.25 bits per heavy atom. The van der Waals surface area contributed by atoms with Crippen molar-refractivity contribution in [3.05, 3.63) is 12.2 Å². The molecule has 0 aromatic carbocycles. The first-order valence-corrected chi connectivity index (χ1v) is 7.42. The first-order chi connectivity index (χ1) is 9.65. The second-order valence-electron chi connectivity index (χ2n) is 5.44. The van der Waals surface area contributed by atoms with Crippen LogP contribution < -0.4 is 5.32 Å². The average molecular weight is 278 g/mol. The third-order valence-corrected chi connectivity index (χ3v) is 3.96. The second-order valence-corrected chi connectivity index (χ2v) is 5.44. The van der Waals surface area contributed by atoms with Crippen LogP contribution in [0.4, 0.5) is 0 Å². The fourth-order valence-electron chi connectivity index (χ4n) is 2.84. The standard InChI is InChI=1S/C15H22N2O3/c1-2-9-16-13(18)8-5-10-17-14(19)11-6-3-4-7-12(11)15(17)20/h3-4,11-12H,2,5-10H2,1H3,(H,16,18)/t11-,12+. The maximum atomic E-state index is 12.2. The summed E-state index contributed by atoms with van der Waals surface area (Å²) in [7, 11) is 0. The van der Waals surface area contributed by atoms with Gasteiger partial charge >= 0.3 is 0 Å². The van der Waals surface area contributed by atoms with Crippen molar-refractivity contribution >= 4 is 17.7 Å². The van der Waals surface area contributed by atoms with Crippen LogP contribution in [0.5, 0.6) is 0 Å². The van der Waals surface area contributed by atoms with Crippen LogP contribution in [0.15, 0.2) is 12.2 Å². The molecular formula is C15H22N2O3. The zero-order chi connectivity index (χ0) is 14.5. The first kappa shape index (κ1) is 14.8. The van der Waals surface area contributed by atoms with E-state index < -0.39 is 0 Å². The molecule has 2 aliphatic rings. The molecule has 2 rings (SSSR count). The number of likely N-dealkylation sites (tertiary alicyclic amines) is 1. The van der Waals surface area contributed by atoms with Crippen LogP contribution in [0.2, 0.25) is 0 Å². The Labute approximate surface area is 119 Å². The summed E-state index contributed by atoms with van der Waals surface area (Å²) in [6, 6.07) is 0. The molecule has 0 unspecified atom stereocenters. The number of hydrogen-bond acceptors (Lipinski definition) is 3. The van der Waals surface area contributed by atoms with Crippen LogP contribution in [-0.4, -0.2) is 35.7 Å². The van der Waals surface area contributed by atoms with Crippen molar-refractivity contribution in [3.63, 3.8) is 0 Å². The Kier molecular flexibility index (Phi) is 4.93. The van der Waals surface area contributed by atoms with E-state index in [1.54, 1.807) is 0 Å². The SMILES string of the molecule is CCCNC(=O)CCCN1C(=O)[C@H]2CC=CC[C@H]2C1=O. The van der Waals surface area contributed by atoms with Gasteiger partial charge in [-0.05, 0) is 25.7 Å². The zero-order valence-electron chi connectivity index (χ0n) is 11.9. The molecule has 3 amide bonds. The molecule has 0 aromatic heterocycles. The van der Waals surface area contributed by atoms with Crippen molar-refractivity contribution in [2.75, 3.05) is 13.1 Å². The number of nitrogens with zero attached hydrogens (tertiary/aromatic N) is 1. The molecule has 1 saturated heterocycles. The topological polar surface area (TPSA) is 66.5 Å². The summed E-state index contributed by atoms with van der Waals surface area (Å²) in [5, 5.41) is 2.79. The summed E-state index contributed by atoms with van der Waals surface area (Å²) in [5.74, 6) is -0.454. The molecule has 0 radical (unpaired) electrons. The highest BCUT2D eigenvalue weighted by Crippen LogP contribution is 2.34. The van der Waals surface area contributed by atoms with Crippen molar-refractivity contribution in [3.8, 4) is 0 Å². The molecule has 1 N–H and O–H groups in total. The highest BCUT2D eigenvalue weighted by Gasteiger charge is 2.46. The Hall–Kier alpha value is -1.65. The summed E-state index contributed by atoms with van der Waals surface area (Å²) in [5.41, 5.74) is 0. The Morgan fingerprint density at radius 3 is 2.40 bits per heavy atom. The lowest BCUT2D eigenvalue weighted by Crippen LogP contribution is -2.33. The minimum absolute atomic E-state index is 0.00923. The summed E-state index contributed by atoms with van der Waals surface area (Å²) in [6.45, 7) is 3.04. The summed E-state index contributed by atoms with van der Waals surface area (Å²) >= 11 is 0. The fraction of sp³-hybridized carbons (Fsp3) is 0.667. The molecule has 1 heterocycles. The van der Waals surface area contributed by atoms with Gasteiger partial charge in [0, 0.05) is 19.5 Å². The lowest BCUT2D eigenvalue weighted by atomic mass is 9.85. The molecule has 0 saturated carbocycles. The molecule has 5 heteroatoms. The van der Waals surface area contributed by atoms with E-state index in [2.05, 4.69) is 5.32 Å².